The quantitative estimate of drug-likeness (QED) is 0.344. The molecule has 2 heterocycles. The Morgan fingerprint density at radius 2 is 1.30 bits per heavy atom. The second-order valence-electron chi connectivity index (χ2n) is 5.55. The van der Waals surface area contributed by atoms with Crippen molar-refractivity contribution in [1.82, 2.24) is 14.9 Å². The summed E-state index contributed by atoms with van der Waals surface area (Å²) in [6, 6.07) is 6.20. The molecular weight excluding hydrogens is 432 g/mol. The Morgan fingerprint density at radius 3 is 1.67 bits per heavy atom. The highest BCUT2D eigenvalue weighted by atomic mass is 35.5. The summed E-state index contributed by atoms with van der Waals surface area (Å²) in [5.41, 5.74) is 1.60. The Bertz CT molecular complexity index is 883. The third-order valence-corrected chi connectivity index (χ3v) is 4.32. The zero-order chi connectivity index (χ0) is 20.7. The third kappa shape index (κ3) is 7.46. The molecule has 0 unspecified atom stereocenters. The smallest absolute Gasteiger partial charge is 0.190 e. The van der Waals surface area contributed by atoms with Gasteiger partial charge in [-0.2, -0.15) is 0 Å². The van der Waals surface area contributed by atoms with E-state index in [1.54, 1.807) is 18.2 Å². The van der Waals surface area contributed by atoms with Gasteiger partial charge < -0.3 is 4.90 Å². The molecule has 0 bridgehead atoms. The molecule has 5 nitrogen and oxygen atoms in total. The maximum Gasteiger partial charge on any atom is 0.190 e. The lowest BCUT2D eigenvalue weighted by molar-refractivity contribution is 0.101. The number of Topliss-reactive ketones (excluding diaryl/α,β-unsaturated/α-hetero) is 1. The highest BCUT2D eigenvalue weighted by Crippen LogP contribution is 2.18. The molecule has 0 saturated heterocycles. The van der Waals surface area contributed by atoms with Crippen molar-refractivity contribution in [1.29, 1.82) is 0 Å². The van der Waals surface area contributed by atoms with Crippen LogP contribution in [-0.4, -0.2) is 40.5 Å². The van der Waals surface area contributed by atoms with E-state index in [2.05, 4.69) is 9.97 Å². The van der Waals surface area contributed by atoms with E-state index >= 15 is 0 Å². The second kappa shape index (κ2) is 10.6. The lowest BCUT2D eigenvalue weighted by Crippen LogP contribution is -2.10. The molecule has 2 rings (SSSR count). The van der Waals surface area contributed by atoms with Crippen LogP contribution in [0.15, 0.2) is 36.0 Å². The number of carbonyl (C=O) groups is 2. The van der Waals surface area contributed by atoms with Crippen LogP contribution >= 0.6 is 46.4 Å². The van der Waals surface area contributed by atoms with Crippen LogP contribution < -0.4 is 0 Å². The van der Waals surface area contributed by atoms with Crippen molar-refractivity contribution in [2.75, 3.05) is 14.1 Å². The molecule has 0 radical (unpaired) electrons. The SMILES string of the molecule is C/C(=C\C(=O)c1ccc(Cl)nc1Cl)N(C)C.CC(=O)c1ccc(Cl)nc1Cl. The molecular formula is C18H17Cl4N3O2. The first-order valence-electron chi connectivity index (χ1n) is 7.58. The highest BCUT2D eigenvalue weighted by Gasteiger charge is 2.10. The van der Waals surface area contributed by atoms with Gasteiger partial charge in [0.2, 0.25) is 0 Å². The van der Waals surface area contributed by atoms with Gasteiger partial charge in [-0.05, 0) is 38.1 Å². The van der Waals surface area contributed by atoms with Crippen LogP contribution in [0.25, 0.3) is 0 Å². The molecule has 0 fully saturated rings. The fourth-order valence-electron chi connectivity index (χ4n) is 1.67. The molecule has 0 aromatic carbocycles. The first-order valence-corrected chi connectivity index (χ1v) is 9.09. The van der Waals surface area contributed by atoms with Crippen LogP contribution in [0.3, 0.4) is 0 Å². The van der Waals surface area contributed by atoms with Gasteiger partial charge in [0.05, 0.1) is 11.1 Å². The summed E-state index contributed by atoms with van der Waals surface area (Å²) in [6.07, 6.45) is 1.51. The number of pyridine rings is 2. The van der Waals surface area contributed by atoms with Gasteiger partial charge in [-0.1, -0.05) is 46.4 Å². The van der Waals surface area contributed by atoms with Crippen molar-refractivity contribution in [3.63, 3.8) is 0 Å². The van der Waals surface area contributed by atoms with E-state index in [0.717, 1.165) is 5.70 Å². The van der Waals surface area contributed by atoms with E-state index in [4.69, 9.17) is 46.4 Å². The van der Waals surface area contributed by atoms with E-state index in [9.17, 15) is 9.59 Å². The minimum Gasteiger partial charge on any atom is -0.381 e. The minimum absolute atomic E-state index is 0.112. The Hall–Kier alpha value is -1.66. The molecule has 9 heteroatoms. The molecule has 0 atom stereocenters. The van der Waals surface area contributed by atoms with Gasteiger partial charge >= 0.3 is 0 Å². The third-order valence-electron chi connectivity index (χ3n) is 3.32. The summed E-state index contributed by atoms with van der Waals surface area (Å²) in [6.45, 7) is 3.27. The first-order chi connectivity index (χ1) is 12.5. The van der Waals surface area contributed by atoms with E-state index in [0.29, 0.717) is 16.3 Å². The van der Waals surface area contributed by atoms with Crippen LogP contribution in [0.4, 0.5) is 0 Å². The van der Waals surface area contributed by atoms with Crippen molar-refractivity contribution < 1.29 is 9.59 Å². The molecule has 0 spiro atoms. The number of hydrogen-bond acceptors (Lipinski definition) is 5. The van der Waals surface area contributed by atoms with Gasteiger partial charge in [-0.25, -0.2) is 9.97 Å². The fourth-order valence-corrected chi connectivity index (χ4v) is 2.58. The second-order valence-corrected chi connectivity index (χ2v) is 7.04. The van der Waals surface area contributed by atoms with Crippen LogP contribution in [0, 0.1) is 0 Å². The number of ketones is 2. The zero-order valence-corrected chi connectivity index (χ0v) is 18.1. The van der Waals surface area contributed by atoms with Crippen molar-refractivity contribution in [2.24, 2.45) is 0 Å². The normalized spacial score (nSPS) is 10.7. The van der Waals surface area contributed by atoms with Crippen LogP contribution in [-0.2, 0) is 0 Å². The van der Waals surface area contributed by atoms with Crippen molar-refractivity contribution in [2.45, 2.75) is 13.8 Å². The van der Waals surface area contributed by atoms with Gasteiger partial charge in [0.15, 0.2) is 11.6 Å². The standard InChI is InChI=1S/C11H12Cl2N2O.C7H5Cl2NO/c1-7(15(2)3)6-9(16)8-4-5-10(12)14-11(8)13;1-4(11)5-2-3-6(8)10-7(5)9/h4-6H,1-3H3;2-3H,1H3/b7-6+;. The lowest BCUT2D eigenvalue weighted by Gasteiger charge is -2.11. The molecule has 2 aromatic rings. The van der Waals surface area contributed by atoms with Crippen LogP contribution in [0.1, 0.15) is 34.6 Å². The molecule has 0 aliphatic rings. The number of carbonyl (C=O) groups excluding carboxylic acids is 2. The summed E-state index contributed by atoms with van der Waals surface area (Å²) in [5.74, 6) is -0.292. The molecule has 0 amide bonds. The van der Waals surface area contributed by atoms with E-state index in [-0.39, 0.29) is 27.0 Å². The number of hydrogen-bond donors (Lipinski definition) is 0. The number of aromatic nitrogens is 2. The topological polar surface area (TPSA) is 63.2 Å². The molecule has 144 valence electrons. The summed E-state index contributed by atoms with van der Waals surface area (Å²) >= 11 is 22.6. The maximum absolute atomic E-state index is 11.8. The highest BCUT2D eigenvalue weighted by molar-refractivity contribution is 6.35. The zero-order valence-electron chi connectivity index (χ0n) is 15.1. The molecule has 0 saturated carbocycles. The molecule has 2 aromatic heterocycles. The average molecular weight is 449 g/mol. The summed E-state index contributed by atoms with van der Waals surface area (Å²) < 4.78 is 0. The Labute approximate surface area is 177 Å². The monoisotopic (exact) mass is 447 g/mol. The van der Waals surface area contributed by atoms with Crippen LogP contribution in [0.2, 0.25) is 20.6 Å². The summed E-state index contributed by atoms with van der Waals surface area (Å²) in [7, 11) is 3.72. The number of halogens is 4. The Balaban J connectivity index is 0.000000289. The van der Waals surface area contributed by atoms with Crippen molar-refractivity contribution >= 4 is 58.0 Å². The van der Waals surface area contributed by atoms with Gasteiger partial charge in [-0.15, -0.1) is 0 Å². The maximum atomic E-state index is 11.8. The van der Waals surface area contributed by atoms with Gasteiger partial charge in [-0.3, -0.25) is 9.59 Å². The largest absolute Gasteiger partial charge is 0.381 e. The molecule has 27 heavy (non-hydrogen) atoms. The van der Waals surface area contributed by atoms with Gasteiger partial charge in [0.1, 0.15) is 20.6 Å². The molecule has 0 N–H and O–H groups in total. The van der Waals surface area contributed by atoms with Crippen LogP contribution in [0.5, 0.6) is 0 Å². The van der Waals surface area contributed by atoms with Gasteiger partial charge in [0, 0.05) is 25.9 Å². The minimum atomic E-state index is -0.180. The molecule has 0 aliphatic heterocycles. The molecule has 0 aliphatic carbocycles. The lowest BCUT2D eigenvalue weighted by atomic mass is 10.1. The van der Waals surface area contributed by atoms with Gasteiger partial charge in [0.25, 0.3) is 0 Å². The average Bonchev–Trinajstić information content (AvgIpc) is 2.54. The van der Waals surface area contributed by atoms with Crippen molar-refractivity contribution in [3.8, 4) is 0 Å². The van der Waals surface area contributed by atoms with Crippen molar-refractivity contribution in [3.05, 3.63) is 67.8 Å². The van der Waals surface area contributed by atoms with E-state index in [1.807, 2.05) is 25.9 Å². The fraction of sp³-hybridized carbons (Fsp3) is 0.222. The number of rotatable bonds is 4. The predicted molar refractivity (Wildman–Crippen MR) is 110 cm³/mol. The Morgan fingerprint density at radius 1 is 0.852 bits per heavy atom. The predicted octanol–water partition coefficient (Wildman–Crippen LogP) is 5.63. The summed E-state index contributed by atoms with van der Waals surface area (Å²) in [4.78, 5) is 32.0. The number of allylic oxidation sites excluding steroid dienone is 2. The van der Waals surface area contributed by atoms with E-state index < -0.39 is 0 Å². The van der Waals surface area contributed by atoms with E-state index in [1.165, 1.54) is 19.1 Å². The summed E-state index contributed by atoms with van der Waals surface area (Å²) in [5, 5.41) is 0.847. The first kappa shape index (κ1) is 23.4. The Kier molecular flexibility index (Phi) is 9.19. The number of nitrogens with zero attached hydrogens (tertiary/aromatic N) is 3.